The zero-order valence-electron chi connectivity index (χ0n) is 8.50. The number of rotatable bonds is 1. The van der Waals surface area contributed by atoms with Crippen molar-refractivity contribution in [2.75, 3.05) is 13.7 Å². The fourth-order valence-electron chi connectivity index (χ4n) is 1.94. The molecule has 0 aromatic heterocycles. The lowest BCUT2D eigenvalue weighted by atomic mass is 9.95. The molecule has 1 aliphatic rings. The number of hydrogen-bond acceptors (Lipinski definition) is 3. The molecule has 0 saturated carbocycles. The van der Waals surface area contributed by atoms with Gasteiger partial charge in [-0.05, 0) is 43.1 Å². The van der Waals surface area contributed by atoms with Crippen LogP contribution >= 0.6 is 0 Å². The second-order valence-corrected chi connectivity index (χ2v) is 3.65. The number of methoxy groups -OCH3 is 1. The fraction of sp³-hybridized carbons (Fsp3) is 0.455. The summed E-state index contributed by atoms with van der Waals surface area (Å²) >= 11 is 0. The summed E-state index contributed by atoms with van der Waals surface area (Å²) in [6.45, 7) is 3.09. The Hall–Kier alpha value is -1.22. The van der Waals surface area contributed by atoms with Crippen molar-refractivity contribution in [3.8, 4) is 11.5 Å². The Bertz CT molecular complexity index is 349. The van der Waals surface area contributed by atoms with Crippen LogP contribution in [0.25, 0.3) is 0 Å². The van der Waals surface area contributed by atoms with Gasteiger partial charge in [-0.25, -0.2) is 0 Å². The molecule has 0 bridgehead atoms. The smallest absolute Gasteiger partial charge is 0.160 e. The van der Waals surface area contributed by atoms with Gasteiger partial charge in [0, 0.05) is 6.04 Å². The van der Waals surface area contributed by atoms with E-state index in [4.69, 9.17) is 4.74 Å². The van der Waals surface area contributed by atoms with Crippen molar-refractivity contribution in [1.29, 1.82) is 0 Å². The average molecular weight is 193 g/mol. The number of phenols is 1. The zero-order chi connectivity index (χ0) is 10.1. The van der Waals surface area contributed by atoms with Gasteiger partial charge in [0.15, 0.2) is 11.5 Å². The number of benzene rings is 1. The van der Waals surface area contributed by atoms with Gasteiger partial charge in [0.1, 0.15) is 0 Å². The number of hydrogen-bond donors (Lipinski definition) is 2. The van der Waals surface area contributed by atoms with E-state index in [2.05, 4.69) is 12.2 Å². The molecule has 3 nitrogen and oxygen atoms in total. The third-order valence-electron chi connectivity index (χ3n) is 2.75. The Labute approximate surface area is 83.7 Å². The molecular weight excluding hydrogens is 178 g/mol. The second kappa shape index (κ2) is 3.50. The summed E-state index contributed by atoms with van der Waals surface area (Å²) in [5.41, 5.74) is 2.44. The Balaban J connectivity index is 2.48. The summed E-state index contributed by atoms with van der Waals surface area (Å²) in [6.07, 6.45) is 0.996. The minimum Gasteiger partial charge on any atom is -0.504 e. The topological polar surface area (TPSA) is 41.5 Å². The first-order chi connectivity index (χ1) is 6.72. The molecular formula is C11H15NO2. The van der Waals surface area contributed by atoms with Crippen molar-refractivity contribution < 1.29 is 9.84 Å². The standard InChI is InChI=1S/C11H15NO2/c1-7-9-6-10(13)11(14-2)5-8(9)3-4-12-7/h5-7,12-13H,3-4H2,1-2H3/t7-/m0/s1. The average Bonchev–Trinajstić information content (AvgIpc) is 2.19. The lowest BCUT2D eigenvalue weighted by Crippen LogP contribution is -2.27. The van der Waals surface area contributed by atoms with Crippen molar-refractivity contribution in [3.63, 3.8) is 0 Å². The Kier molecular flexibility index (Phi) is 2.33. The van der Waals surface area contributed by atoms with Crippen LogP contribution in [-0.4, -0.2) is 18.8 Å². The van der Waals surface area contributed by atoms with Crippen molar-refractivity contribution in [1.82, 2.24) is 5.32 Å². The minimum atomic E-state index is 0.224. The van der Waals surface area contributed by atoms with Gasteiger partial charge in [0.2, 0.25) is 0 Å². The Morgan fingerprint density at radius 1 is 1.50 bits per heavy atom. The molecule has 1 aliphatic heterocycles. The molecule has 0 fully saturated rings. The highest BCUT2D eigenvalue weighted by Gasteiger charge is 2.18. The van der Waals surface area contributed by atoms with Crippen LogP contribution in [0.4, 0.5) is 0 Å². The maximum absolute atomic E-state index is 9.63. The Morgan fingerprint density at radius 3 is 3.00 bits per heavy atom. The number of phenolic OH excluding ortho intramolecular Hbond substituents is 1. The van der Waals surface area contributed by atoms with E-state index in [1.165, 1.54) is 11.1 Å². The molecule has 1 aromatic rings. The van der Waals surface area contributed by atoms with Crippen LogP contribution in [0.1, 0.15) is 24.1 Å². The van der Waals surface area contributed by atoms with Crippen LogP contribution in [0.5, 0.6) is 11.5 Å². The lowest BCUT2D eigenvalue weighted by molar-refractivity contribution is 0.370. The molecule has 0 aliphatic carbocycles. The first kappa shape index (κ1) is 9.34. The first-order valence-corrected chi connectivity index (χ1v) is 4.85. The molecule has 0 saturated heterocycles. The predicted molar refractivity (Wildman–Crippen MR) is 54.8 cm³/mol. The van der Waals surface area contributed by atoms with Crippen LogP contribution in [0.2, 0.25) is 0 Å². The van der Waals surface area contributed by atoms with Crippen molar-refractivity contribution in [2.24, 2.45) is 0 Å². The van der Waals surface area contributed by atoms with Crippen molar-refractivity contribution in [2.45, 2.75) is 19.4 Å². The summed E-state index contributed by atoms with van der Waals surface area (Å²) in [6, 6.07) is 4.04. The summed E-state index contributed by atoms with van der Waals surface area (Å²) in [7, 11) is 1.58. The molecule has 0 unspecified atom stereocenters. The van der Waals surface area contributed by atoms with Gasteiger partial charge in [0.25, 0.3) is 0 Å². The lowest BCUT2D eigenvalue weighted by Gasteiger charge is -2.24. The third kappa shape index (κ3) is 1.44. The minimum absolute atomic E-state index is 0.224. The van der Waals surface area contributed by atoms with E-state index >= 15 is 0 Å². The molecule has 1 atom stereocenters. The summed E-state index contributed by atoms with van der Waals surface area (Å²) in [5, 5.41) is 13.0. The monoisotopic (exact) mass is 193 g/mol. The molecule has 2 N–H and O–H groups in total. The van der Waals surface area contributed by atoms with E-state index in [1.807, 2.05) is 6.07 Å². The molecule has 3 heteroatoms. The summed E-state index contributed by atoms with van der Waals surface area (Å²) in [4.78, 5) is 0. The molecule has 0 radical (unpaired) electrons. The first-order valence-electron chi connectivity index (χ1n) is 4.85. The van der Waals surface area contributed by atoms with E-state index in [9.17, 15) is 5.11 Å². The molecule has 14 heavy (non-hydrogen) atoms. The van der Waals surface area contributed by atoms with E-state index in [0.29, 0.717) is 11.8 Å². The van der Waals surface area contributed by atoms with Crippen molar-refractivity contribution >= 4 is 0 Å². The molecule has 1 aromatic carbocycles. The van der Waals surface area contributed by atoms with Gasteiger partial charge in [-0.15, -0.1) is 0 Å². The highest BCUT2D eigenvalue weighted by atomic mass is 16.5. The highest BCUT2D eigenvalue weighted by molar-refractivity contribution is 5.48. The van der Waals surface area contributed by atoms with Gasteiger partial charge in [-0.1, -0.05) is 0 Å². The van der Waals surface area contributed by atoms with Gasteiger partial charge in [-0.2, -0.15) is 0 Å². The molecule has 0 spiro atoms. The molecule has 76 valence electrons. The number of nitrogens with one attached hydrogen (secondary N) is 1. The number of fused-ring (bicyclic) bond motifs is 1. The molecule has 1 heterocycles. The molecule has 2 rings (SSSR count). The van der Waals surface area contributed by atoms with Crippen LogP contribution in [-0.2, 0) is 6.42 Å². The van der Waals surface area contributed by atoms with Crippen LogP contribution in [0, 0.1) is 0 Å². The zero-order valence-corrected chi connectivity index (χ0v) is 8.50. The van der Waals surface area contributed by atoms with Crippen molar-refractivity contribution in [3.05, 3.63) is 23.3 Å². The van der Waals surface area contributed by atoms with Gasteiger partial charge in [0.05, 0.1) is 7.11 Å². The number of aromatic hydroxyl groups is 1. The van der Waals surface area contributed by atoms with Gasteiger partial charge < -0.3 is 15.2 Å². The normalized spacial score (nSPS) is 20.3. The summed E-state index contributed by atoms with van der Waals surface area (Å²) in [5.74, 6) is 0.791. The summed E-state index contributed by atoms with van der Waals surface area (Å²) < 4.78 is 5.08. The Morgan fingerprint density at radius 2 is 2.29 bits per heavy atom. The maximum atomic E-state index is 9.63. The quantitative estimate of drug-likeness (QED) is 0.712. The van der Waals surface area contributed by atoms with Gasteiger partial charge in [-0.3, -0.25) is 0 Å². The second-order valence-electron chi connectivity index (χ2n) is 3.65. The van der Waals surface area contributed by atoms with Crippen LogP contribution in [0.3, 0.4) is 0 Å². The molecule has 0 amide bonds. The maximum Gasteiger partial charge on any atom is 0.160 e. The van der Waals surface area contributed by atoms with E-state index < -0.39 is 0 Å². The van der Waals surface area contributed by atoms with Gasteiger partial charge >= 0.3 is 0 Å². The fourth-order valence-corrected chi connectivity index (χ4v) is 1.94. The largest absolute Gasteiger partial charge is 0.504 e. The van der Waals surface area contributed by atoms with E-state index in [0.717, 1.165) is 13.0 Å². The predicted octanol–water partition coefficient (Wildman–Crippen LogP) is 1.61. The van der Waals surface area contributed by atoms with Crippen LogP contribution in [0.15, 0.2) is 12.1 Å². The van der Waals surface area contributed by atoms with E-state index in [1.54, 1.807) is 13.2 Å². The number of ether oxygens (including phenoxy) is 1. The van der Waals surface area contributed by atoms with E-state index in [-0.39, 0.29) is 5.75 Å². The van der Waals surface area contributed by atoms with Crippen LogP contribution < -0.4 is 10.1 Å². The third-order valence-corrected chi connectivity index (χ3v) is 2.75. The SMILES string of the molecule is COc1cc2c(cc1O)[C@H](C)NCC2. The highest BCUT2D eigenvalue weighted by Crippen LogP contribution is 2.33.